The highest BCUT2D eigenvalue weighted by atomic mass is 35.5. The van der Waals surface area contributed by atoms with Gasteiger partial charge in [0, 0.05) is 11.6 Å². The zero-order chi connectivity index (χ0) is 22.7. The minimum atomic E-state index is -0.364. The molecule has 9 nitrogen and oxygen atoms in total. The number of rotatable bonds is 4. The van der Waals surface area contributed by atoms with Gasteiger partial charge in [-0.15, -0.1) is 0 Å². The van der Waals surface area contributed by atoms with Gasteiger partial charge < -0.3 is 4.52 Å². The van der Waals surface area contributed by atoms with Crippen molar-refractivity contribution in [3.8, 4) is 17.7 Å². The van der Waals surface area contributed by atoms with E-state index in [0.717, 1.165) is 12.8 Å². The third-order valence-electron chi connectivity index (χ3n) is 6.18. The largest absolute Gasteiger partial charge is 0.332 e. The number of benzene rings is 1. The molecule has 33 heavy (non-hydrogen) atoms. The maximum Gasteiger partial charge on any atom is 0.279 e. The fourth-order valence-corrected chi connectivity index (χ4v) is 4.23. The van der Waals surface area contributed by atoms with Gasteiger partial charge in [0.2, 0.25) is 0 Å². The van der Waals surface area contributed by atoms with Crippen LogP contribution in [0.4, 0.5) is 0 Å². The molecule has 0 atom stereocenters. The lowest BCUT2D eigenvalue weighted by molar-refractivity contribution is 0.415. The molecule has 1 aliphatic rings. The Kier molecular flexibility index (Phi) is 4.16. The standard InChI is InChI=1S/C23H16ClN7O2/c1-23(7-8-23)22-28-20(33-29-22)17-19-21(32)30(11-13-4-2-3-9-26-13)18-14(10-25)15(24)5-6-16(18)31(19)12-27-17/h2-6,9,12H,7-8,11H2,1H3. The van der Waals surface area contributed by atoms with Crippen LogP contribution >= 0.6 is 11.6 Å². The Morgan fingerprint density at radius 3 is 2.79 bits per heavy atom. The normalized spacial score (nSPS) is 14.6. The Labute approximate surface area is 191 Å². The molecule has 4 heterocycles. The first kappa shape index (κ1) is 19.6. The number of aromatic nitrogens is 6. The van der Waals surface area contributed by atoms with Gasteiger partial charge in [-0.3, -0.25) is 18.7 Å². The summed E-state index contributed by atoms with van der Waals surface area (Å²) in [7, 11) is 0. The van der Waals surface area contributed by atoms with E-state index >= 15 is 0 Å². The summed E-state index contributed by atoms with van der Waals surface area (Å²) in [6.45, 7) is 2.23. The first-order valence-corrected chi connectivity index (χ1v) is 10.7. The van der Waals surface area contributed by atoms with Crippen LogP contribution in [0.15, 0.2) is 52.2 Å². The Bertz CT molecular complexity index is 1660. The van der Waals surface area contributed by atoms with Gasteiger partial charge in [-0.1, -0.05) is 29.7 Å². The Balaban J connectivity index is 1.67. The van der Waals surface area contributed by atoms with Crippen LogP contribution in [0.25, 0.3) is 28.1 Å². The van der Waals surface area contributed by atoms with Crippen LogP contribution < -0.4 is 5.56 Å². The summed E-state index contributed by atoms with van der Waals surface area (Å²) >= 11 is 6.32. The van der Waals surface area contributed by atoms with Gasteiger partial charge in [-0.2, -0.15) is 10.2 Å². The molecule has 0 N–H and O–H groups in total. The minimum Gasteiger partial charge on any atom is -0.332 e. The number of hydrogen-bond donors (Lipinski definition) is 0. The van der Waals surface area contributed by atoms with Crippen molar-refractivity contribution in [2.75, 3.05) is 0 Å². The molecule has 0 aliphatic heterocycles. The number of nitrogens with zero attached hydrogens (tertiary/aromatic N) is 7. The summed E-state index contributed by atoms with van der Waals surface area (Å²) in [6.07, 6.45) is 5.17. The highest BCUT2D eigenvalue weighted by Crippen LogP contribution is 2.46. The predicted molar refractivity (Wildman–Crippen MR) is 120 cm³/mol. The zero-order valence-corrected chi connectivity index (χ0v) is 18.2. The quantitative estimate of drug-likeness (QED) is 0.404. The van der Waals surface area contributed by atoms with Gasteiger partial charge in [0.05, 0.1) is 33.9 Å². The molecule has 0 amide bonds. The third-order valence-corrected chi connectivity index (χ3v) is 6.49. The Morgan fingerprint density at radius 1 is 1.21 bits per heavy atom. The van der Waals surface area contributed by atoms with Crippen molar-refractivity contribution in [2.45, 2.75) is 31.7 Å². The van der Waals surface area contributed by atoms with Gasteiger partial charge in [0.25, 0.3) is 11.4 Å². The summed E-state index contributed by atoms with van der Waals surface area (Å²) in [5.74, 6) is 0.808. The van der Waals surface area contributed by atoms with Gasteiger partial charge in [-0.25, -0.2) is 4.98 Å². The lowest BCUT2D eigenvalue weighted by atomic mass is 10.1. The van der Waals surface area contributed by atoms with Crippen LogP contribution in [-0.2, 0) is 12.0 Å². The van der Waals surface area contributed by atoms with Crippen LogP contribution in [0.5, 0.6) is 0 Å². The van der Waals surface area contributed by atoms with E-state index in [1.54, 1.807) is 28.8 Å². The van der Waals surface area contributed by atoms with E-state index in [1.807, 2.05) is 12.1 Å². The molecule has 5 aromatic rings. The number of pyridine rings is 1. The van der Waals surface area contributed by atoms with Gasteiger partial charge >= 0.3 is 0 Å². The average molecular weight is 458 g/mol. The summed E-state index contributed by atoms with van der Waals surface area (Å²) in [4.78, 5) is 27.1. The number of fused-ring (bicyclic) bond motifs is 3. The van der Waals surface area contributed by atoms with E-state index < -0.39 is 0 Å². The van der Waals surface area contributed by atoms with Crippen LogP contribution in [0.3, 0.4) is 0 Å². The first-order chi connectivity index (χ1) is 16.0. The second-order valence-corrected chi connectivity index (χ2v) is 8.82. The fraction of sp³-hybridized carbons (Fsp3) is 0.217. The van der Waals surface area contributed by atoms with Crippen molar-refractivity contribution < 1.29 is 4.52 Å². The van der Waals surface area contributed by atoms with Gasteiger partial charge in [0.15, 0.2) is 11.5 Å². The molecular weight excluding hydrogens is 442 g/mol. The fourth-order valence-electron chi connectivity index (χ4n) is 4.03. The summed E-state index contributed by atoms with van der Waals surface area (Å²) < 4.78 is 8.64. The van der Waals surface area contributed by atoms with E-state index in [2.05, 4.69) is 33.1 Å². The van der Waals surface area contributed by atoms with Crippen LogP contribution in [0.2, 0.25) is 5.02 Å². The van der Waals surface area contributed by atoms with Gasteiger partial charge in [-0.05, 0) is 37.1 Å². The molecule has 10 heteroatoms. The first-order valence-electron chi connectivity index (χ1n) is 10.4. The second-order valence-electron chi connectivity index (χ2n) is 8.41. The number of imidazole rings is 1. The lowest BCUT2D eigenvalue weighted by Crippen LogP contribution is -2.25. The molecule has 1 saturated carbocycles. The van der Waals surface area contributed by atoms with E-state index in [-0.39, 0.29) is 39.5 Å². The summed E-state index contributed by atoms with van der Waals surface area (Å²) in [6, 6.07) is 11.0. The molecule has 6 rings (SSSR count). The molecule has 0 radical (unpaired) electrons. The molecule has 0 saturated heterocycles. The van der Waals surface area contributed by atoms with E-state index in [4.69, 9.17) is 16.1 Å². The molecule has 4 aromatic heterocycles. The minimum absolute atomic E-state index is 0.0817. The molecular formula is C23H16ClN7O2. The molecule has 1 aliphatic carbocycles. The van der Waals surface area contributed by atoms with Crippen molar-refractivity contribution >= 4 is 28.2 Å². The van der Waals surface area contributed by atoms with Crippen LogP contribution in [0.1, 0.15) is 36.8 Å². The predicted octanol–water partition coefficient (Wildman–Crippen LogP) is 3.72. The third kappa shape index (κ3) is 2.95. The monoisotopic (exact) mass is 457 g/mol. The summed E-state index contributed by atoms with van der Waals surface area (Å²) in [5.41, 5.74) is 2.02. The smallest absolute Gasteiger partial charge is 0.279 e. The van der Waals surface area contributed by atoms with Gasteiger partial charge in [0.1, 0.15) is 17.9 Å². The van der Waals surface area contributed by atoms with Crippen LogP contribution in [0, 0.1) is 11.3 Å². The molecule has 1 fully saturated rings. The molecule has 162 valence electrons. The molecule has 0 bridgehead atoms. The maximum atomic E-state index is 13.8. The lowest BCUT2D eigenvalue weighted by Gasteiger charge is -2.14. The number of hydrogen-bond acceptors (Lipinski definition) is 7. The highest BCUT2D eigenvalue weighted by molar-refractivity contribution is 6.32. The van der Waals surface area contributed by atoms with Crippen molar-refractivity contribution in [1.82, 2.24) is 29.1 Å². The number of halogens is 1. The van der Waals surface area contributed by atoms with E-state index in [0.29, 0.717) is 28.2 Å². The maximum absolute atomic E-state index is 13.8. The Hall–Kier alpha value is -4.03. The molecule has 0 unspecified atom stereocenters. The summed E-state index contributed by atoms with van der Waals surface area (Å²) in [5, 5.41) is 14.2. The average Bonchev–Trinajstić information content (AvgIpc) is 3.22. The highest BCUT2D eigenvalue weighted by Gasteiger charge is 2.44. The van der Waals surface area contributed by atoms with E-state index in [1.165, 1.54) is 10.9 Å². The van der Waals surface area contributed by atoms with Crippen molar-refractivity contribution in [3.05, 3.63) is 75.3 Å². The molecule has 0 spiro atoms. The van der Waals surface area contributed by atoms with Crippen molar-refractivity contribution in [1.29, 1.82) is 5.26 Å². The van der Waals surface area contributed by atoms with Crippen LogP contribution in [-0.4, -0.2) is 29.1 Å². The van der Waals surface area contributed by atoms with Crippen molar-refractivity contribution in [3.63, 3.8) is 0 Å². The van der Waals surface area contributed by atoms with Crippen molar-refractivity contribution in [2.24, 2.45) is 0 Å². The SMILES string of the molecule is CC1(c2noc(-c3ncn4c3c(=O)n(Cc3ccccn3)c3c(C#N)c(Cl)ccc34)n2)CC1. The zero-order valence-electron chi connectivity index (χ0n) is 17.5. The van der Waals surface area contributed by atoms with E-state index in [9.17, 15) is 10.1 Å². The number of nitriles is 1. The molecule has 1 aromatic carbocycles. The Morgan fingerprint density at radius 2 is 2.06 bits per heavy atom. The second kappa shape index (κ2) is 6.98. The topological polar surface area (TPSA) is 115 Å².